The van der Waals surface area contributed by atoms with E-state index in [1.54, 1.807) is 42.6 Å². The zero-order chi connectivity index (χ0) is 29.5. The van der Waals surface area contributed by atoms with Gasteiger partial charge in [-0.3, -0.25) is 4.79 Å². The van der Waals surface area contributed by atoms with E-state index in [9.17, 15) is 13.2 Å². The van der Waals surface area contributed by atoms with Crippen LogP contribution >= 0.6 is 11.3 Å². The molecule has 218 valence electrons. The Bertz CT molecular complexity index is 1350. The summed E-state index contributed by atoms with van der Waals surface area (Å²) in [6.45, 7) is 10.7. The Morgan fingerprint density at radius 3 is 2.23 bits per heavy atom. The summed E-state index contributed by atoms with van der Waals surface area (Å²) < 4.78 is 39.7. The Balaban J connectivity index is 1.86. The molecule has 1 heterocycles. The number of hydrogen-bond acceptors (Lipinski definition) is 6. The van der Waals surface area contributed by atoms with Crippen LogP contribution in [-0.4, -0.2) is 56.9 Å². The van der Waals surface area contributed by atoms with E-state index in [0.717, 1.165) is 16.0 Å². The van der Waals surface area contributed by atoms with Gasteiger partial charge in [-0.05, 0) is 72.0 Å². The highest BCUT2D eigenvalue weighted by Crippen LogP contribution is 2.29. The van der Waals surface area contributed by atoms with Crippen molar-refractivity contribution in [2.24, 2.45) is 0 Å². The lowest BCUT2D eigenvalue weighted by Gasteiger charge is -2.30. The summed E-state index contributed by atoms with van der Waals surface area (Å²) in [5, 5.41) is 1.98. The maximum absolute atomic E-state index is 13.8. The molecule has 0 unspecified atom stereocenters. The van der Waals surface area contributed by atoms with E-state index in [0.29, 0.717) is 37.4 Å². The summed E-state index contributed by atoms with van der Waals surface area (Å²) in [7, 11) is -0.707. The average molecular weight is 587 g/mol. The van der Waals surface area contributed by atoms with Crippen molar-refractivity contribution >= 4 is 27.3 Å². The molecule has 0 aliphatic rings. The van der Waals surface area contributed by atoms with Gasteiger partial charge in [0.05, 0.1) is 32.2 Å². The fourth-order valence-corrected chi connectivity index (χ4v) is 6.73. The van der Waals surface area contributed by atoms with Gasteiger partial charge in [0.1, 0.15) is 0 Å². The number of hydrogen-bond donors (Lipinski definition) is 0. The number of benzene rings is 2. The predicted octanol–water partition coefficient (Wildman–Crippen LogP) is 6.12. The van der Waals surface area contributed by atoms with Crippen LogP contribution in [0.1, 0.15) is 57.0 Å². The minimum atomic E-state index is -3.89. The molecule has 7 nitrogen and oxygen atoms in total. The normalized spacial score (nSPS) is 12.8. The number of methoxy groups -OCH3 is 2. The molecule has 0 aliphatic heterocycles. The van der Waals surface area contributed by atoms with Crippen molar-refractivity contribution in [1.82, 2.24) is 9.21 Å². The van der Waals surface area contributed by atoms with Crippen molar-refractivity contribution < 1.29 is 22.7 Å². The Kier molecular flexibility index (Phi) is 10.8. The number of carbonyl (C=O) groups is 1. The summed E-state index contributed by atoms with van der Waals surface area (Å²) in [5.74, 6) is 1.04. The van der Waals surface area contributed by atoms with Gasteiger partial charge in [-0.2, -0.15) is 4.31 Å². The molecular weight excluding hydrogens is 544 g/mol. The molecule has 1 aromatic heterocycles. The molecule has 40 heavy (non-hydrogen) atoms. The molecule has 0 fully saturated rings. The lowest BCUT2D eigenvalue weighted by molar-refractivity contribution is -0.132. The summed E-state index contributed by atoms with van der Waals surface area (Å²) in [4.78, 5) is 16.8. The van der Waals surface area contributed by atoms with E-state index in [2.05, 4.69) is 20.8 Å². The Morgan fingerprint density at radius 2 is 1.68 bits per heavy atom. The molecular formula is C31H42N2O5S2. The zero-order valence-corrected chi connectivity index (χ0v) is 26.3. The first-order chi connectivity index (χ1) is 18.9. The summed E-state index contributed by atoms with van der Waals surface area (Å²) in [6.07, 6.45) is 1.17. The van der Waals surface area contributed by atoms with Crippen LogP contribution < -0.4 is 9.47 Å². The van der Waals surface area contributed by atoms with Crippen LogP contribution in [0.5, 0.6) is 11.5 Å². The van der Waals surface area contributed by atoms with Gasteiger partial charge >= 0.3 is 0 Å². The number of sulfonamides is 1. The highest BCUT2D eigenvalue weighted by molar-refractivity contribution is 7.89. The number of nitrogens with zero attached hydrogens (tertiary/aromatic N) is 2. The zero-order valence-electron chi connectivity index (χ0n) is 24.6. The monoisotopic (exact) mass is 586 g/mol. The van der Waals surface area contributed by atoms with E-state index in [1.807, 2.05) is 61.7 Å². The van der Waals surface area contributed by atoms with Crippen molar-refractivity contribution in [2.45, 2.75) is 70.4 Å². The number of rotatable bonds is 13. The molecule has 0 radical (unpaired) electrons. The predicted molar refractivity (Wildman–Crippen MR) is 162 cm³/mol. The molecule has 1 amide bonds. The van der Waals surface area contributed by atoms with E-state index < -0.39 is 10.0 Å². The van der Waals surface area contributed by atoms with Crippen molar-refractivity contribution in [3.8, 4) is 11.5 Å². The number of amides is 1. The van der Waals surface area contributed by atoms with E-state index in [-0.39, 0.29) is 28.8 Å². The van der Waals surface area contributed by atoms with Crippen LogP contribution in [0.2, 0.25) is 0 Å². The van der Waals surface area contributed by atoms with E-state index in [4.69, 9.17) is 9.47 Å². The third-order valence-corrected chi connectivity index (χ3v) is 9.93. The first kappa shape index (κ1) is 31.6. The minimum Gasteiger partial charge on any atom is -0.493 e. The molecule has 3 aromatic rings. The maximum atomic E-state index is 13.8. The van der Waals surface area contributed by atoms with Gasteiger partial charge in [0.25, 0.3) is 0 Å². The lowest BCUT2D eigenvalue weighted by Crippen LogP contribution is -2.46. The first-order valence-corrected chi connectivity index (χ1v) is 15.9. The molecule has 0 spiro atoms. The van der Waals surface area contributed by atoms with Gasteiger partial charge in [-0.1, -0.05) is 52.0 Å². The van der Waals surface area contributed by atoms with Gasteiger partial charge in [0.2, 0.25) is 15.9 Å². The highest BCUT2D eigenvalue weighted by Gasteiger charge is 2.32. The Hall–Kier alpha value is -2.88. The van der Waals surface area contributed by atoms with Crippen molar-refractivity contribution in [2.75, 3.05) is 27.3 Å². The van der Waals surface area contributed by atoms with E-state index in [1.165, 1.54) is 4.31 Å². The second kappa shape index (κ2) is 13.7. The van der Waals surface area contributed by atoms with Crippen LogP contribution in [0.25, 0.3) is 0 Å². The molecule has 2 aromatic carbocycles. The summed E-state index contributed by atoms with van der Waals surface area (Å²) >= 11 is 1.57. The number of ether oxygens (including phenoxy) is 2. The fourth-order valence-electron chi connectivity index (χ4n) is 4.36. The van der Waals surface area contributed by atoms with Crippen molar-refractivity contribution in [3.05, 3.63) is 76.0 Å². The van der Waals surface area contributed by atoms with Crippen LogP contribution in [-0.2, 0) is 33.2 Å². The highest BCUT2D eigenvalue weighted by atomic mass is 32.2. The van der Waals surface area contributed by atoms with Crippen LogP contribution in [0, 0.1) is 0 Å². The smallest absolute Gasteiger partial charge is 0.243 e. The van der Waals surface area contributed by atoms with Crippen LogP contribution in [0.4, 0.5) is 0 Å². The third kappa shape index (κ3) is 7.86. The minimum absolute atomic E-state index is 0.0924. The SMILES string of the molecule is CC[C@@H](C)N(CC(=O)N(CCc1ccc(OC)c(OC)c1)Cc1cccs1)S(=O)(=O)c1ccc(C(C)(C)C)cc1. The van der Waals surface area contributed by atoms with Crippen molar-refractivity contribution in [3.63, 3.8) is 0 Å². The second-order valence-electron chi connectivity index (χ2n) is 10.9. The quantitative estimate of drug-likeness (QED) is 0.241. The van der Waals surface area contributed by atoms with Gasteiger partial charge < -0.3 is 14.4 Å². The molecule has 0 N–H and O–H groups in total. The summed E-state index contributed by atoms with van der Waals surface area (Å²) in [6, 6.07) is 16.3. The molecule has 0 saturated heterocycles. The third-order valence-electron chi connectivity index (χ3n) is 7.10. The molecule has 0 saturated carbocycles. The van der Waals surface area contributed by atoms with Gasteiger partial charge in [-0.15, -0.1) is 11.3 Å². The van der Waals surface area contributed by atoms with Gasteiger partial charge in [-0.25, -0.2) is 8.42 Å². The average Bonchev–Trinajstić information content (AvgIpc) is 3.46. The van der Waals surface area contributed by atoms with Gasteiger partial charge in [0, 0.05) is 17.5 Å². The largest absolute Gasteiger partial charge is 0.493 e. The number of carbonyl (C=O) groups excluding carboxylic acids is 1. The molecule has 9 heteroatoms. The molecule has 1 atom stereocenters. The van der Waals surface area contributed by atoms with E-state index >= 15 is 0 Å². The first-order valence-electron chi connectivity index (χ1n) is 13.5. The fraction of sp³-hybridized carbons (Fsp3) is 0.452. The molecule has 0 aliphatic carbocycles. The summed E-state index contributed by atoms with van der Waals surface area (Å²) in [5.41, 5.74) is 1.95. The van der Waals surface area contributed by atoms with Crippen LogP contribution in [0.3, 0.4) is 0 Å². The van der Waals surface area contributed by atoms with Crippen molar-refractivity contribution in [1.29, 1.82) is 0 Å². The van der Waals surface area contributed by atoms with Crippen LogP contribution in [0.15, 0.2) is 64.9 Å². The number of thiophene rings is 1. The topological polar surface area (TPSA) is 76.2 Å². The Morgan fingerprint density at radius 1 is 1.00 bits per heavy atom. The standard InChI is InChI=1S/C31H42N2O5S2/c1-8-23(2)33(40(35,36)27-14-12-25(13-15-27)31(3,4)5)22-30(34)32(21-26-10-9-19-39-26)18-17-24-11-16-28(37-6)29(20-24)38-7/h9-16,19-20,23H,8,17-18,21-22H2,1-7H3/t23-/m1/s1. The molecule has 0 bridgehead atoms. The lowest BCUT2D eigenvalue weighted by atomic mass is 9.87. The molecule has 3 rings (SSSR count). The van der Waals surface area contributed by atoms with Gasteiger partial charge in [0.15, 0.2) is 11.5 Å². The second-order valence-corrected chi connectivity index (χ2v) is 13.8. The Labute approximate surface area is 243 Å². The maximum Gasteiger partial charge on any atom is 0.243 e.